The zero-order valence-electron chi connectivity index (χ0n) is 14.7. The van der Waals surface area contributed by atoms with Gasteiger partial charge in [-0.05, 0) is 40.0 Å². The molecule has 25 heavy (non-hydrogen) atoms. The van der Waals surface area contributed by atoms with Crippen LogP contribution in [0.4, 0.5) is 4.39 Å². The van der Waals surface area contributed by atoms with Gasteiger partial charge in [-0.2, -0.15) is 0 Å². The van der Waals surface area contributed by atoms with Gasteiger partial charge in [-0.25, -0.2) is 4.39 Å². The lowest BCUT2D eigenvalue weighted by Gasteiger charge is -2.34. The van der Waals surface area contributed by atoms with Crippen molar-refractivity contribution in [3.05, 3.63) is 45.8 Å². The fourth-order valence-corrected chi connectivity index (χ4v) is 3.09. The van der Waals surface area contributed by atoms with Crippen LogP contribution in [0.15, 0.2) is 34.4 Å². The summed E-state index contributed by atoms with van der Waals surface area (Å²) in [7, 11) is 1.88. The van der Waals surface area contributed by atoms with Gasteiger partial charge in [0.05, 0.1) is 7.05 Å². The first-order valence-corrected chi connectivity index (χ1v) is 9.22. The van der Waals surface area contributed by atoms with Crippen molar-refractivity contribution in [1.82, 2.24) is 9.80 Å². The fourth-order valence-electron chi connectivity index (χ4n) is 2.69. The molecule has 2 rings (SSSR count). The molecule has 136 valence electrons. The van der Waals surface area contributed by atoms with Crippen molar-refractivity contribution in [3.8, 4) is 0 Å². The highest BCUT2D eigenvalue weighted by Gasteiger charge is 2.26. The van der Waals surface area contributed by atoms with Crippen molar-refractivity contribution in [2.45, 2.75) is 13.3 Å². The van der Waals surface area contributed by atoms with Crippen molar-refractivity contribution >= 4 is 27.5 Å². The molecule has 5 nitrogen and oxygen atoms in total. The summed E-state index contributed by atoms with van der Waals surface area (Å²) in [6, 6.07) is 6.60. The molecule has 0 saturated carbocycles. The number of rotatable bonds is 6. The van der Waals surface area contributed by atoms with Crippen LogP contribution in [-0.2, 0) is 11.2 Å². The minimum Gasteiger partial charge on any atom is -0.335 e. The van der Waals surface area contributed by atoms with Gasteiger partial charge >= 0.3 is 0 Å². The van der Waals surface area contributed by atoms with E-state index in [1.54, 1.807) is 4.90 Å². The van der Waals surface area contributed by atoms with Crippen molar-refractivity contribution in [3.63, 3.8) is 0 Å². The average molecular weight is 412 g/mol. The second kappa shape index (κ2) is 9.22. The van der Waals surface area contributed by atoms with Crippen LogP contribution in [0.3, 0.4) is 0 Å². The van der Waals surface area contributed by atoms with E-state index in [1.807, 2.05) is 31.4 Å². The number of halogens is 2. The second-order valence-electron chi connectivity index (χ2n) is 6.17. The van der Waals surface area contributed by atoms with Crippen molar-refractivity contribution < 1.29 is 14.5 Å². The Labute approximate surface area is 156 Å². The van der Waals surface area contributed by atoms with Crippen molar-refractivity contribution in [2.75, 3.05) is 39.8 Å². The summed E-state index contributed by atoms with van der Waals surface area (Å²) < 4.78 is 13.5. The molecule has 1 amide bonds. The van der Waals surface area contributed by atoms with E-state index >= 15 is 0 Å². The Morgan fingerprint density at radius 1 is 1.24 bits per heavy atom. The number of carbonyl (C=O) groups is 1. The van der Waals surface area contributed by atoms with E-state index in [1.165, 1.54) is 12.1 Å². The highest BCUT2D eigenvalue weighted by atomic mass is 79.9. The number of quaternary nitrogens is 1. The molecular weight excluding hydrogens is 387 g/mol. The van der Waals surface area contributed by atoms with Gasteiger partial charge in [0.15, 0.2) is 0 Å². The number of amides is 1. The summed E-state index contributed by atoms with van der Waals surface area (Å²) in [5.74, 6) is -0.444. The van der Waals surface area contributed by atoms with E-state index in [0.717, 1.165) is 37.3 Å². The van der Waals surface area contributed by atoms with Crippen LogP contribution in [0.5, 0.6) is 0 Å². The van der Waals surface area contributed by atoms with Gasteiger partial charge < -0.3 is 10.2 Å². The van der Waals surface area contributed by atoms with E-state index in [-0.39, 0.29) is 17.4 Å². The van der Waals surface area contributed by atoms with Crippen LogP contribution in [0.25, 0.3) is 0 Å². The lowest BCUT2D eigenvalue weighted by molar-refractivity contribution is -0.575. The molecule has 1 heterocycles. The first-order valence-electron chi connectivity index (χ1n) is 8.43. The molecule has 1 aromatic carbocycles. The second-order valence-corrected chi connectivity index (χ2v) is 6.96. The summed E-state index contributed by atoms with van der Waals surface area (Å²) in [6.45, 7) is 5.60. The molecule has 0 atom stereocenters. The van der Waals surface area contributed by atoms with E-state index in [2.05, 4.69) is 20.8 Å². The zero-order chi connectivity index (χ0) is 18.4. The third kappa shape index (κ3) is 5.45. The predicted molar refractivity (Wildman–Crippen MR) is 100 cm³/mol. The Hall–Kier alpha value is -1.57. The molecular formula is C18H25BrFN4O+. The Balaban J connectivity index is 1.81. The maximum absolute atomic E-state index is 12.9. The van der Waals surface area contributed by atoms with Crippen LogP contribution in [-0.4, -0.2) is 61.2 Å². The lowest BCUT2D eigenvalue weighted by atomic mass is 10.1. The molecule has 3 N–H and O–H groups in total. The third-order valence-corrected chi connectivity index (χ3v) is 5.52. The maximum Gasteiger partial charge on any atom is 0.273 e. The van der Waals surface area contributed by atoms with Crippen LogP contribution in [0.2, 0.25) is 0 Å². The number of nitrogens with two attached hydrogens (primary N) is 1. The van der Waals surface area contributed by atoms with Crippen molar-refractivity contribution in [1.29, 1.82) is 5.41 Å². The van der Waals surface area contributed by atoms with Gasteiger partial charge in [0.25, 0.3) is 5.91 Å². The van der Waals surface area contributed by atoms with Crippen LogP contribution in [0.1, 0.15) is 12.5 Å². The van der Waals surface area contributed by atoms with E-state index in [4.69, 9.17) is 5.41 Å². The van der Waals surface area contributed by atoms with Crippen LogP contribution in [0, 0.1) is 11.2 Å². The van der Waals surface area contributed by atoms with Gasteiger partial charge in [0.1, 0.15) is 21.7 Å². The number of carbonyl (C=O) groups excluding carboxylic acids is 1. The van der Waals surface area contributed by atoms with Crippen LogP contribution < -0.4 is 5.32 Å². The Morgan fingerprint density at radius 2 is 1.84 bits per heavy atom. The van der Waals surface area contributed by atoms with Gasteiger partial charge in [0.2, 0.25) is 0 Å². The number of nitrogens with zero attached hydrogens (tertiary/aromatic N) is 2. The Bertz CT molecular complexity index is 652. The summed E-state index contributed by atoms with van der Waals surface area (Å²) in [6.07, 6.45) is 0.865. The van der Waals surface area contributed by atoms with E-state index in [0.29, 0.717) is 17.6 Å². The number of nitrogens with one attached hydrogen (secondary N) is 1. The standard InChI is InChI=1S/C18H24BrFN4O/c1-13(22-2)16(19)17(21)18(25)24-11-9-23(10-12-24)8-7-14-3-5-15(20)6-4-14/h3-6,21-22H,7-12H2,1-2H3/p+1/b16-13+,21-17?. The first-order chi connectivity index (χ1) is 11.9. The van der Waals surface area contributed by atoms with Crippen molar-refractivity contribution in [2.24, 2.45) is 0 Å². The smallest absolute Gasteiger partial charge is 0.273 e. The molecule has 1 aliphatic rings. The third-order valence-electron chi connectivity index (χ3n) is 4.50. The van der Waals surface area contributed by atoms with Crippen LogP contribution >= 0.6 is 15.9 Å². The largest absolute Gasteiger partial charge is 0.335 e. The number of piperazine rings is 1. The molecule has 0 spiro atoms. The quantitative estimate of drug-likeness (QED) is 0.693. The number of hydrogen-bond acceptors (Lipinski definition) is 3. The monoisotopic (exact) mass is 411 g/mol. The maximum atomic E-state index is 12.9. The zero-order valence-corrected chi connectivity index (χ0v) is 16.3. The normalized spacial score (nSPS) is 16.6. The summed E-state index contributed by atoms with van der Waals surface area (Å²) in [4.78, 5) is 16.5. The average Bonchev–Trinajstić information content (AvgIpc) is 2.65. The first kappa shape index (κ1) is 19.8. The lowest BCUT2D eigenvalue weighted by Crippen LogP contribution is -2.77. The number of allylic oxidation sites excluding steroid dienone is 1. The summed E-state index contributed by atoms with van der Waals surface area (Å²) >= 11 is 3.34. The highest BCUT2D eigenvalue weighted by Crippen LogP contribution is 2.13. The SMILES string of the molecule is C[NH2+]/C(C)=C(/Br)C(=N)C(=O)N1CCN(CCc2ccc(F)cc2)CC1. The summed E-state index contributed by atoms with van der Waals surface area (Å²) in [5, 5.41) is 9.95. The van der Waals surface area contributed by atoms with Gasteiger partial charge in [-0.15, -0.1) is 0 Å². The highest BCUT2D eigenvalue weighted by molar-refractivity contribution is 9.12. The van der Waals surface area contributed by atoms with Gasteiger partial charge in [0, 0.05) is 39.6 Å². The number of benzene rings is 1. The molecule has 0 radical (unpaired) electrons. The summed E-state index contributed by atoms with van der Waals surface area (Å²) in [5.41, 5.74) is 2.01. The molecule has 0 bridgehead atoms. The molecule has 1 aromatic rings. The topological polar surface area (TPSA) is 64.0 Å². The molecule has 1 aliphatic heterocycles. The van der Waals surface area contributed by atoms with Gasteiger partial charge in [-0.3, -0.25) is 15.1 Å². The molecule has 0 unspecified atom stereocenters. The Kier molecular flexibility index (Phi) is 7.28. The molecule has 1 fully saturated rings. The minimum absolute atomic E-state index is 0.00959. The molecule has 0 aliphatic carbocycles. The molecule has 1 saturated heterocycles. The molecule has 7 heteroatoms. The number of hydrogen-bond donors (Lipinski definition) is 2. The van der Waals surface area contributed by atoms with Gasteiger partial charge in [-0.1, -0.05) is 12.1 Å². The molecule has 0 aromatic heterocycles. The predicted octanol–water partition coefficient (Wildman–Crippen LogP) is 1.35. The van der Waals surface area contributed by atoms with E-state index in [9.17, 15) is 9.18 Å². The minimum atomic E-state index is -0.230. The van der Waals surface area contributed by atoms with E-state index < -0.39 is 0 Å². The Morgan fingerprint density at radius 3 is 2.40 bits per heavy atom. The fraction of sp³-hybridized carbons (Fsp3) is 0.444.